The Bertz CT molecular complexity index is 6440. The van der Waals surface area contributed by atoms with Gasteiger partial charge >= 0.3 is 52.0 Å². The van der Waals surface area contributed by atoms with Crippen molar-refractivity contribution in [2.75, 3.05) is 59.5 Å². The van der Waals surface area contributed by atoms with Gasteiger partial charge in [-0.2, -0.15) is 0 Å². The Morgan fingerprint density at radius 1 is 0.410 bits per heavy atom. The van der Waals surface area contributed by atoms with Crippen molar-refractivity contribution in [3.8, 4) is 0 Å². The van der Waals surface area contributed by atoms with Crippen LogP contribution < -0.4 is 67.5 Å². The van der Waals surface area contributed by atoms with E-state index in [2.05, 4.69) is 64.9 Å². The molecule has 6 aromatic heterocycles. The second-order valence-corrected chi connectivity index (χ2v) is 30.2. The Balaban J connectivity index is 0.000000226. The van der Waals surface area contributed by atoms with Crippen LogP contribution in [0, 0.1) is 17.8 Å². The molecule has 6 saturated heterocycles. The maximum absolute atomic E-state index is 14.9. The number of nitrogens with zero attached hydrogens (tertiary/aromatic N) is 24. The number of carbonyl (C=O) groups excluding carboxylic acids is 2. The first-order valence-electron chi connectivity index (χ1n) is 40.2. The maximum Gasteiger partial charge on any atom is 0.341 e. The SMILES string of the molecule is COC(=O)[C@@]1(CN=[N+]=[N-])O[C@@H](n2ccc(=O)[nH]c2=O)[C@H](F)[C@@H]1O.C[C@H]1[C@@H](F)[C@H](n2ccc(=O)[nH]c2=O)O[C@@]1(CO)CN=[N+]=[N-].C[C@H]1[C@@H](F)[C@H](n2ccc(=O)[nH]c2=O)O[C@]1(CN=[N+]=[N-])C(=O)OC(C)(C)C.[2H]C([2H])(C)[C@@]1(CN=[N+]=[N-])O[C@@H](n2ccc(=O)[nH]c2=O)[C@H](F)[C@@H]1C.[2H]C([2H])(O)[C@@]1(CN=[N+]=[N-])O[C@@H](n2ccc(=O)[nH]c2=O)[C@H](F)[C@@H]1O.[N-]=[N+]=NC[C@]1(C(=O)O)O[C@@H](n2ccc(=O)[nH]c2=O)[C@H](F)[C@@H]1O. The van der Waals surface area contributed by atoms with Gasteiger partial charge in [-0.25, -0.2) is 69.5 Å². The number of aliphatic hydroxyl groups is 5. The van der Waals surface area contributed by atoms with Crippen LogP contribution in [0.1, 0.15) is 97.7 Å². The second kappa shape index (κ2) is 44.6. The highest BCUT2D eigenvalue weighted by molar-refractivity contribution is 5.82. The van der Waals surface area contributed by atoms with E-state index in [0.29, 0.717) is 13.7 Å². The van der Waals surface area contributed by atoms with E-state index in [1.54, 1.807) is 20.8 Å². The van der Waals surface area contributed by atoms with Crippen LogP contribution in [0.25, 0.3) is 62.7 Å². The molecule has 6 aromatic rings. The molecule has 134 heavy (non-hydrogen) atoms. The standard InChI is InChI=1S/C15H20FN5O5.C12H16FN5O3.C11H12FN5O6.C11H14FN5O4.C10H10FN5O6.C10H12FN5O5/c1-8-10(16)11(21-6-5-9(22)19-13(21)24)25-15(8,7-18-20-17)12(23)26-14(2,3)4;1-3-12(6-15-17-14)7(2)9(13)10(21-12)18-5-4-8(19)16-11(18)20;1-22-9(20)11(4-14-16-13)7(19)6(12)8(23-11)17-3-2-5(18)15-10(17)21;1-6-8(12)9(17-3-2-7(19)15-10(17)20)21-11(6,5-18)4-14-16-13;11-5-6(18)10(8(19)20,3-13-15-12)22-7(5)16-2-1-4(17)14-9(16)21;11-6-7(19)10(4-17,3-13-15-12)21-8(6)16-2-1-5(18)14-9(16)20/h5-6,8,10-11H,7H2,1-4H3,(H,19,22,24);4-5,7,9-10H,3,6H2,1-2H3,(H,16,19,20);2-3,6-8,19H,4H2,1H3,(H,15,18,21);2-3,6,8-9,18H,4-5H2,1H3,(H,15,19,20);1-2,5-7,18H,3H2,(H,19,20)(H,14,17,21);1-2,6-8,17,19H,3-4H2,(H,14,18,20)/t8-,10+,11+,15-;7-,9+,10+,12-;6-,7+,8-,11+;6-,8+,9+,11+;5-,6+,7-,10+;6-,7+,8-,10-/m001011/s1/i;3D2;;;;4D2. The summed E-state index contributed by atoms with van der Waals surface area (Å²) < 4.78 is 164. The number of carbonyl (C=O) groups is 3. The molecular weight excluding hydrogens is 1830 g/mol. The largest absolute Gasteiger partial charge is 0.479 e. The van der Waals surface area contributed by atoms with Crippen LogP contribution in [0.3, 0.4) is 0 Å². The fraction of sp³-hybridized carbons (Fsp3) is 0.609. The maximum atomic E-state index is 14.9. The molecule has 59 nitrogen and oxygen atoms in total. The zero-order valence-corrected chi connectivity index (χ0v) is 70.3. The molecule has 726 valence electrons. The van der Waals surface area contributed by atoms with Gasteiger partial charge in [0, 0.05) is 124 Å². The summed E-state index contributed by atoms with van der Waals surface area (Å²) in [4.78, 5) is 199. The highest BCUT2D eigenvalue weighted by atomic mass is 19.2. The van der Waals surface area contributed by atoms with Gasteiger partial charge in [0.15, 0.2) is 80.0 Å². The lowest BCUT2D eigenvalue weighted by atomic mass is 9.85. The first-order chi connectivity index (χ1) is 64.4. The minimum absolute atomic E-state index is 0.268. The molecular formula is C69H84F6N30O29. The van der Waals surface area contributed by atoms with E-state index in [1.165, 1.54) is 27.7 Å². The van der Waals surface area contributed by atoms with E-state index in [9.17, 15) is 129 Å². The summed E-state index contributed by atoms with van der Waals surface area (Å²) in [5.41, 5.74) is 27.3. The first-order valence-corrected chi connectivity index (χ1v) is 38.2. The van der Waals surface area contributed by atoms with Crippen LogP contribution in [-0.2, 0) is 52.3 Å². The Morgan fingerprint density at radius 2 is 0.664 bits per heavy atom. The van der Waals surface area contributed by atoms with Gasteiger partial charge in [0.05, 0.1) is 67.9 Å². The molecule has 0 aliphatic carbocycles. The third kappa shape index (κ3) is 22.6. The number of aromatic nitrogens is 12. The predicted molar refractivity (Wildman–Crippen MR) is 434 cm³/mol. The summed E-state index contributed by atoms with van der Waals surface area (Å²) in [6, 6.07) is 5.87. The number of aliphatic carboxylic acids is 1. The lowest BCUT2D eigenvalue weighted by Gasteiger charge is -2.32. The van der Waals surface area contributed by atoms with Crippen LogP contribution in [0.2, 0.25) is 0 Å². The fourth-order valence-corrected chi connectivity index (χ4v) is 13.9. The van der Waals surface area contributed by atoms with Crippen LogP contribution in [0.15, 0.2) is 162 Å². The zero-order chi connectivity index (χ0) is 104. The highest BCUT2D eigenvalue weighted by Gasteiger charge is 2.65. The van der Waals surface area contributed by atoms with Crippen molar-refractivity contribution in [3.05, 3.63) is 261 Å². The number of azide groups is 6. The van der Waals surface area contributed by atoms with Crippen LogP contribution >= 0.6 is 0 Å². The fourth-order valence-electron chi connectivity index (χ4n) is 13.9. The third-order valence-corrected chi connectivity index (χ3v) is 21.2. The monoisotopic (exact) mass is 1910 g/mol. The molecule has 0 bridgehead atoms. The molecule has 6 aliphatic rings. The molecule has 0 spiro atoms. The smallest absolute Gasteiger partial charge is 0.341 e. The van der Waals surface area contributed by atoms with Crippen molar-refractivity contribution in [2.45, 2.75) is 187 Å². The number of nitrogens with one attached hydrogen (secondary N) is 6. The summed E-state index contributed by atoms with van der Waals surface area (Å²) in [6.07, 6.45) is -24.1. The molecule has 0 radical (unpaired) electrons. The van der Waals surface area contributed by atoms with Crippen molar-refractivity contribution in [1.82, 2.24) is 57.3 Å². The lowest BCUT2D eigenvalue weighted by Crippen LogP contribution is -2.52. The second-order valence-electron chi connectivity index (χ2n) is 30.2. The van der Waals surface area contributed by atoms with Crippen LogP contribution in [-0.4, -0.2) is 260 Å². The summed E-state index contributed by atoms with van der Waals surface area (Å²) in [5.74, 6) is -6.69. The van der Waals surface area contributed by atoms with Crippen LogP contribution in [0.4, 0.5) is 26.3 Å². The first kappa shape index (κ1) is 100. The van der Waals surface area contributed by atoms with Crippen molar-refractivity contribution < 1.29 is 115 Å². The molecule has 0 amide bonds. The number of carboxylic acids is 1. The Labute approximate surface area is 744 Å². The highest BCUT2D eigenvalue weighted by Crippen LogP contribution is 2.48. The number of rotatable bonds is 24. The molecule has 12 rings (SSSR count). The Kier molecular flexibility index (Phi) is 33.3. The summed E-state index contributed by atoms with van der Waals surface area (Å²) >= 11 is 0. The van der Waals surface area contributed by atoms with E-state index in [1.807, 2.05) is 29.9 Å². The van der Waals surface area contributed by atoms with E-state index < -0.39 is 287 Å². The van der Waals surface area contributed by atoms with Gasteiger partial charge < -0.3 is 68.5 Å². The molecule has 6 fully saturated rings. The van der Waals surface area contributed by atoms with Gasteiger partial charge in [-0.15, -0.1) is 0 Å². The van der Waals surface area contributed by atoms with Gasteiger partial charge in [-0.3, -0.25) is 86.1 Å². The number of aliphatic hydroxyl groups excluding tert-OH is 4. The van der Waals surface area contributed by atoms with Gasteiger partial charge in [-0.05, 0) is 60.3 Å². The minimum Gasteiger partial charge on any atom is -0.479 e. The quantitative estimate of drug-likeness (QED) is 0.0122. The average Bonchev–Trinajstić information content (AvgIpc) is 1.58. The molecule has 65 heteroatoms. The van der Waals surface area contributed by atoms with Crippen molar-refractivity contribution in [2.24, 2.45) is 48.4 Å². The van der Waals surface area contributed by atoms with Crippen LogP contribution in [0.5, 0.6) is 0 Å². The predicted octanol–water partition coefficient (Wildman–Crippen LogP) is -0.299. The lowest BCUT2D eigenvalue weighted by molar-refractivity contribution is -0.188. The van der Waals surface area contributed by atoms with Crippen molar-refractivity contribution >= 4 is 17.9 Å². The summed E-state index contributed by atoms with van der Waals surface area (Å²) in [7, 11) is 0.975. The van der Waals surface area contributed by atoms with Gasteiger partial charge in [0.1, 0.15) is 35.1 Å². The zero-order valence-electron chi connectivity index (χ0n) is 74.3. The average molecular weight is 1920 g/mol. The van der Waals surface area contributed by atoms with Gasteiger partial charge in [-0.1, -0.05) is 58.4 Å². The minimum atomic E-state index is -3.29. The molecule has 0 aromatic carbocycles. The van der Waals surface area contributed by atoms with E-state index >= 15 is 0 Å². The van der Waals surface area contributed by atoms with Gasteiger partial charge in [0.25, 0.3) is 33.4 Å². The normalized spacial score (nSPS) is 31.3. The number of ether oxygens (including phenoxy) is 8. The topological polar surface area (TPSA) is 868 Å². The number of halogens is 6. The Hall–Kier alpha value is -14.5. The third-order valence-electron chi connectivity index (χ3n) is 21.2. The molecule has 6 aliphatic heterocycles. The van der Waals surface area contributed by atoms with E-state index in [-0.39, 0.29) is 6.54 Å². The number of aromatic amines is 6. The number of esters is 2. The summed E-state index contributed by atoms with van der Waals surface area (Å²) in [5, 5.41) is 77.3. The number of hydrogen-bond donors (Lipinski definition) is 12. The number of H-pyrrole nitrogens is 6. The van der Waals surface area contributed by atoms with Crippen molar-refractivity contribution in [1.29, 1.82) is 0 Å². The molecule has 24 atom stereocenters. The molecule has 12 N–H and O–H groups in total. The molecule has 0 unspecified atom stereocenters. The van der Waals surface area contributed by atoms with E-state index in [0.717, 1.165) is 94.4 Å². The Morgan fingerprint density at radius 3 is 0.978 bits per heavy atom. The summed E-state index contributed by atoms with van der Waals surface area (Å²) in [6.45, 7) is 2.79. The van der Waals surface area contributed by atoms with Gasteiger partial charge in [0.2, 0.25) is 11.2 Å². The number of alkyl halides is 6. The number of carboxylic acid groups (broad SMARTS) is 1. The molecule has 12 heterocycles. The molecule has 0 saturated carbocycles. The number of methoxy groups -OCH3 is 1. The van der Waals surface area contributed by atoms with E-state index in [4.69, 9.17) is 71.8 Å². The number of hydrogen-bond acceptors (Lipinski definition) is 34. The van der Waals surface area contributed by atoms with Crippen molar-refractivity contribution in [3.63, 3.8) is 0 Å².